The van der Waals surface area contributed by atoms with Crippen molar-refractivity contribution in [3.63, 3.8) is 0 Å². The van der Waals surface area contributed by atoms with Crippen LogP contribution in [0.1, 0.15) is 10.5 Å². The van der Waals surface area contributed by atoms with Gasteiger partial charge in [-0.25, -0.2) is 4.98 Å². The number of likely N-dealkylation sites (N-methyl/N-ethyl adjacent to an activating group) is 1. The molecule has 6 heteroatoms. The molecule has 2 rings (SSSR count). The number of carbonyl (C=O) groups excluding carboxylic acids is 1. The predicted molar refractivity (Wildman–Crippen MR) is 61.6 cm³/mol. The molecule has 1 amide bonds. The Labute approximate surface area is 100 Å². The van der Waals surface area contributed by atoms with Crippen molar-refractivity contribution >= 4 is 5.91 Å². The zero-order valence-corrected chi connectivity index (χ0v) is 9.80. The van der Waals surface area contributed by atoms with E-state index in [0.29, 0.717) is 18.8 Å². The molecule has 0 radical (unpaired) electrons. The molecule has 0 aliphatic carbocycles. The summed E-state index contributed by atoms with van der Waals surface area (Å²) in [4.78, 5) is 21.7. The van der Waals surface area contributed by atoms with E-state index in [1.165, 1.54) is 18.6 Å². The molecule has 1 atom stereocenters. The van der Waals surface area contributed by atoms with E-state index in [-0.39, 0.29) is 12.0 Å². The van der Waals surface area contributed by atoms with Crippen molar-refractivity contribution in [1.29, 1.82) is 0 Å². The van der Waals surface area contributed by atoms with Gasteiger partial charge in [0.15, 0.2) is 0 Å². The minimum Gasteiger partial charge on any atom is -0.374 e. The van der Waals surface area contributed by atoms with Gasteiger partial charge in [0.25, 0.3) is 5.91 Å². The second kappa shape index (κ2) is 5.70. The molecule has 1 unspecified atom stereocenters. The van der Waals surface area contributed by atoms with Crippen molar-refractivity contribution in [2.24, 2.45) is 0 Å². The Bertz CT molecular complexity index is 371. The largest absolute Gasteiger partial charge is 0.374 e. The lowest BCUT2D eigenvalue weighted by Gasteiger charge is -2.29. The minimum absolute atomic E-state index is 0.0503. The van der Waals surface area contributed by atoms with E-state index in [1.54, 1.807) is 0 Å². The van der Waals surface area contributed by atoms with Crippen LogP contribution in [0.5, 0.6) is 0 Å². The summed E-state index contributed by atoms with van der Waals surface area (Å²) in [5, 5.41) is 2.80. The Hall–Kier alpha value is -1.53. The summed E-state index contributed by atoms with van der Waals surface area (Å²) in [5.74, 6) is -0.213. The van der Waals surface area contributed by atoms with E-state index in [9.17, 15) is 4.79 Å². The van der Waals surface area contributed by atoms with Crippen LogP contribution < -0.4 is 5.32 Å². The fraction of sp³-hybridized carbons (Fsp3) is 0.545. The normalized spacial score (nSPS) is 21.1. The molecule has 1 aliphatic rings. The first kappa shape index (κ1) is 11.9. The van der Waals surface area contributed by atoms with Crippen LogP contribution in [0.2, 0.25) is 0 Å². The zero-order chi connectivity index (χ0) is 12.1. The number of morpholine rings is 1. The second-order valence-corrected chi connectivity index (χ2v) is 4.06. The molecule has 0 bridgehead atoms. The predicted octanol–water partition coefficient (Wildman–Crippen LogP) is -0.463. The van der Waals surface area contributed by atoms with Crippen LogP contribution in [0.15, 0.2) is 18.6 Å². The molecule has 6 nitrogen and oxygen atoms in total. The molecule has 1 fully saturated rings. The molecule has 1 saturated heterocycles. The molecular weight excluding hydrogens is 220 g/mol. The van der Waals surface area contributed by atoms with Gasteiger partial charge in [-0.1, -0.05) is 0 Å². The lowest BCUT2D eigenvalue weighted by Crippen LogP contribution is -2.46. The van der Waals surface area contributed by atoms with E-state index >= 15 is 0 Å². The maximum atomic E-state index is 11.7. The Morgan fingerprint density at radius 3 is 3.24 bits per heavy atom. The summed E-state index contributed by atoms with van der Waals surface area (Å²) in [5.41, 5.74) is 0.330. The number of amides is 1. The van der Waals surface area contributed by atoms with Crippen LogP contribution in [-0.2, 0) is 4.74 Å². The highest BCUT2D eigenvalue weighted by Gasteiger charge is 2.18. The van der Waals surface area contributed by atoms with Crippen molar-refractivity contribution in [1.82, 2.24) is 20.2 Å². The van der Waals surface area contributed by atoms with Crippen LogP contribution >= 0.6 is 0 Å². The summed E-state index contributed by atoms with van der Waals surface area (Å²) < 4.78 is 5.54. The third kappa shape index (κ3) is 3.47. The van der Waals surface area contributed by atoms with Gasteiger partial charge in [-0.15, -0.1) is 0 Å². The van der Waals surface area contributed by atoms with Crippen LogP contribution in [-0.4, -0.2) is 60.2 Å². The summed E-state index contributed by atoms with van der Waals surface area (Å²) in [7, 11) is 2.04. The molecule has 0 saturated carbocycles. The van der Waals surface area contributed by atoms with Gasteiger partial charge >= 0.3 is 0 Å². The maximum Gasteiger partial charge on any atom is 0.271 e. The van der Waals surface area contributed by atoms with Crippen molar-refractivity contribution < 1.29 is 9.53 Å². The summed E-state index contributed by atoms with van der Waals surface area (Å²) in [6.45, 7) is 2.98. The van der Waals surface area contributed by atoms with Crippen LogP contribution in [0.4, 0.5) is 0 Å². The second-order valence-electron chi connectivity index (χ2n) is 4.06. The number of rotatable bonds is 3. The Morgan fingerprint density at radius 2 is 2.53 bits per heavy atom. The van der Waals surface area contributed by atoms with Gasteiger partial charge in [-0.3, -0.25) is 9.78 Å². The van der Waals surface area contributed by atoms with Gasteiger partial charge in [-0.05, 0) is 7.05 Å². The van der Waals surface area contributed by atoms with E-state index in [2.05, 4.69) is 20.2 Å². The van der Waals surface area contributed by atoms with Gasteiger partial charge in [0.1, 0.15) is 5.69 Å². The molecule has 0 aromatic carbocycles. The number of carbonyl (C=O) groups is 1. The molecule has 1 aromatic rings. The van der Waals surface area contributed by atoms with E-state index in [0.717, 1.165) is 13.1 Å². The molecule has 17 heavy (non-hydrogen) atoms. The summed E-state index contributed by atoms with van der Waals surface area (Å²) >= 11 is 0. The third-order valence-electron chi connectivity index (χ3n) is 2.63. The SMILES string of the molecule is CN1CCOC(CNC(=O)c2cnccn2)C1. The number of nitrogens with one attached hydrogen (secondary N) is 1. The van der Waals surface area contributed by atoms with Crippen LogP contribution in [0.3, 0.4) is 0 Å². The van der Waals surface area contributed by atoms with Gasteiger partial charge in [0, 0.05) is 32.0 Å². The number of ether oxygens (including phenoxy) is 1. The van der Waals surface area contributed by atoms with E-state index in [1.807, 2.05) is 7.05 Å². The fourth-order valence-corrected chi connectivity index (χ4v) is 1.70. The van der Waals surface area contributed by atoms with Crippen molar-refractivity contribution in [2.45, 2.75) is 6.10 Å². The summed E-state index contributed by atoms with van der Waals surface area (Å²) in [6.07, 6.45) is 4.54. The first-order valence-corrected chi connectivity index (χ1v) is 5.60. The fourth-order valence-electron chi connectivity index (χ4n) is 1.70. The van der Waals surface area contributed by atoms with Gasteiger partial charge < -0.3 is 15.0 Å². The van der Waals surface area contributed by atoms with Gasteiger partial charge in [-0.2, -0.15) is 0 Å². The van der Waals surface area contributed by atoms with Gasteiger partial charge in [0.05, 0.1) is 18.9 Å². The molecule has 1 N–H and O–H groups in total. The number of nitrogens with zero attached hydrogens (tertiary/aromatic N) is 3. The van der Waals surface area contributed by atoms with Crippen LogP contribution in [0, 0.1) is 0 Å². The number of aromatic nitrogens is 2. The first-order chi connectivity index (χ1) is 8.25. The van der Waals surface area contributed by atoms with E-state index in [4.69, 9.17) is 4.74 Å². The smallest absolute Gasteiger partial charge is 0.271 e. The van der Waals surface area contributed by atoms with E-state index < -0.39 is 0 Å². The lowest BCUT2D eigenvalue weighted by atomic mass is 10.3. The van der Waals surface area contributed by atoms with Crippen LogP contribution in [0.25, 0.3) is 0 Å². The first-order valence-electron chi connectivity index (χ1n) is 5.60. The quantitative estimate of drug-likeness (QED) is 0.769. The number of hydrogen-bond donors (Lipinski definition) is 1. The highest BCUT2D eigenvalue weighted by atomic mass is 16.5. The van der Waals surface area contributed by atoms with Crippen molar-refractivity contribution in [3.8, 4) is 0 Å². The Morgan fingerprint density at radius 1 is 1.65 bits per heavy atom. The maximum absolute atomic E-state index is 11.7. The van der Waals surface area contributed by atoms with Crippen molar-refractivity contribution in [2.75, 3.05) is 33.3 Å². The number of hydrogen-bond acceptors (Lipinski definition) is 5. The topological polar surface area (TPSA) is 67.3 Å². The molecular formula is C11H16N4O2. The molecule has 2 heterocycles. The minimum atomic E-state index is -0.213. The molecule has 1 aromatic heterocycles. The Kier molecular flexibility index (Phi) is 4.00. The zero-order valence-electron chi connectivity index (χ0n) is 9.80. The standard InChI is InChI=1S/C11H16N4O2/c1-15-4-5-17-9(8-15)6-14-11(16)10-7-12-2-3-13-10/h2-3,7,9H,4-6,8H2,1H3,(H,14,16). The average Bonchev–Trinajstić information content (AvgIpc) is 2.37. The Balaban J connectivity index is 1.80. The monoisotopic (exact) mass is 236 g/mol. The lowest BCUT2D eigenvalue weighted by molar-refractivity contribution is -0.0175. The highest BCUT2D eigenvalue weighted by Crippen LogP contribution is 2.01. The average molecular weight is 236 g/mol. The molecule has 92 valence electrons. The summed E-state index contributed by atoms with van der Waals surface area (Å²) in [6, 6.07) is 0. The molecule has 1 aliphatic heterocycles. The third-order valence-corrected chi connectivity index (χ3v) is 2.63. The molecule has 0 spiro atoms. The van der Waals surface area contributed by atoms with Gasteiger partial charge in [0.2, 0.25) is 0 Å². The highest BCUT2D eigenvalue weighted by molar-refractivity contribution is 5.91. The van der Waals surface area contributed by atoms with Crippen molar-refractivity contribution in [3.05, 3.63) is 24.3 Å².